The lowest BCUT2D eigenvalue weighted by Crippen LogP contribution is -2.09. The largest absolute Gasteiger partial charge is 0.419 e. The first-order valence-electron chi connectivity index (χ1n) is 5.70. The predicted molar refractivity (Wildman–Crippen MR) is 77.3 cm³/mol. The van der Waals surface area contributed by atoms with E-state index in [1.165, 1.54) is 0 Å². The summed E-state index contributed by atoms with van der Waals surface area (Å²) in [5, 5.41) is 10.2. The van der Waals surface area contributed by atoms with Crippen molar-refractivity contribution in [3.05, 3.63) is 67.9 Å². The Morgan fingerprint density at radius 3 is 2.19 bits per heavy atom. The third kappa shape index (κ3) is 3.64. The fourth-order valence-corrected chi connectivity index (χ4v) is 3.10. The molecule has 0 saturated heterocycles. The van der Waals surface area contributed by atoms with Crippen molar-refractivity contribution < 1.29 is 22.7 Å². The molecular formula is C14H8Br2F4O. The maximum atomic E-state index is 13.5. The molecule has 0 aliphatic carbocycles. The van der Waals surface area contributed by atoms with Crippen LogP contribution in [-0.4, -0.2) is 5.11 Å². The van der Waals surface area contributed by atoms with Crippen molar-refractivity contribution in [3.63, 3.8) is 0 Å². The Labute approximate surface area is 134 Å². The fraction of sp³-hybridized carbons (Fsp3) is 0.143. The van der Waals surface area contributed by atoms with Crippen LogP contribution in [0, 0.1) is 5.82 Å². The van der Waals surface area contributed by atoms with E-state index in [1.807, 2.05) is 0 Å². The summed E-state index contributed by atoms with van der Waals surface area (Å²) in [5.74, 6) is -1.41. The molecule has 1 N–H and O–H groups in total. The summed E-state index contributed by atoms with van der Waals surface area (Å²) >= 11 is 6.49. The molecule has 7 heteroatoms. The summed E-state index contributed by atoms with van der Waals surface area (Å²) < 4.78 is 52.4. The van der Waals surface area contributed by atoms with Gasteiger partial charge in [-0.1, -0.05) is 44.0 Å². The molecule has 0 saturated carbocycles. The van der Waals surface area contributed by atoms with Gasteiger partial charge < -0.3 is 5.11 Å². The molecule has 0 aliphatic rings. The van der Waals surface area contributed by atoms with Crippen LogP contribution >= 0.6 is 31.9 Å². The first-order valence-corrected chi connectivity index (χ1v) is 7.28. The summed E-state index contributed by atoms with van der Waals surface area (Å²) in [6, 6.07) is 7.32. The highest BCUT2D eigenvalue weighted by Gasteiger charge is 2.34. The minimum atomic E-state index is -4.76. The SMILES string of the molecule is OC(c1ccc(C(F)(F)F)c(F)c1)c1ccc(Br)cc1Br. The number of benzene rings is 2. The van der Waals surface area contributed by atoms with Crippen molar-refractivity contribution in [2.24, 2.45) is 0 Å². The van der Waals surface area contributed by atoms with Gasteiger partial charge in [0.25, 0.3) is 0 Å². The van der Waals surface area contributed by atoms with Gasteiger partial charge in [0, 0.05) is 8.95 Å². The third-order valence-corrected chi connectivity index (χ3v) is 4.05. The summed E-state index contributed by atoms with van der Waals surface area (Å²) in [6.07, 6.45) is -5.99. The van der Waals surface area contributed by atoms with Crippen LogP contribution in [-0.2, 0) is 6.18 Å². The highest BCUT2D eigenvalue weighted by molar-refractivity contribution is 9.11. The second kappa shape index (κ2) is 6.06. The molecule has 21 heavy (non-hydrogen) atoms. The number of hydrogen-bond donors (Lipinski definition) is 1. The highest BCUT2D eigenvalue weighted by Crippen LogP contribution is 2.35. The van der Waals surface area contributed by atoms with E-state index >= 15 is 0 Å². The zero-order valence-corrected chi connectivity index (χ0v) is 13.4. The second-order valence-electron chi connectivity index (χ2n) is 4.31. The average molecular weight is 428 g/mol. The monoisotopic (exact) mass is 426 g/mol. The molecule has 2 rings (SSSR count). The van der Waals surface area contributed by atoms with E-state index in [0.29, 0.717) is 22.2 Å². The van der Waals surface area contributed by atoms with Gasteiger partial charge in [0.15, 0.2) is 0 Å². The van der Waals surface area contributed by atoms with E-state index in [9.17, 15) is 22.7 Å². The molecule has 2 aromatic rings. The molecule has 1 atom stereocenters. The molecule has 1 nitrogen and oxygen atoms in total. The average Bonchev–Trinajstić information content (AvgIpc) is 2.36. The van der Waals surface area contributed by atoms with E-state index < -0.39 is 23.7 Å². The van der Waals surface area contributed by atoms with E-state index in [1.54, 1.807) is 18.2 Å². The van der Waals surface area contributed by atoms with Crippen molar-refractivity contribution >= 4 is 31.9 Å². The van der Waals surface area contributed by atoms with E-state index in [2.05, 4.69) is 31.9 Å². The van der Waals surface area contributed by atoms with E-state index in [-0.39, 0.29) is 5.56 Å². The normalized spacial score (nSPS) is 13.3. The highest BCUT2D eigenvalue weighted by atomic mass is 79.9. The molecule has 0 aliphatic heterocycles. The minimum absolute atomic E-state index is 0.0449. The Balaban J connectivity index is 2.40. The number of rotatable bonds is 2. The van der Waals surface area contributed by atoms with Crippen LogP contribution in [0.2, 0.25) is 0 Å². The Morgan fingerprint density at radius 2 is 1.67 bits per heavy atom. The number of hydrogen-bond acceptors (Lipinski definition) is 1. The molecule has 2 aromatic carbocycles. The van der Waals surface area contributed by atoms with Crippen molar-refractivity contribution in [2.75, 3.05) is 0 Å². The Morgan fingerprint density at radius 1 is 1.00 bits per heavy atom. The Bertz CT molecular complexity index is 671. The van der Waals surface area contributed by atoms with Gasteiger partial charge in [-0.2, -0.15) is 13.2 Å². The summed E-state index contributed by atoms with van der Waals surface area (Å²) in [7, 11) is 0. The number of aliphatic hydroxyl groups excluding tert-OH is 1. The molecule has 1 unspecified atom stereocenters. The molecular weight excluding hydrogens is 420 g/mol. The number of halogens is 6. The first-order chi connectivity index (χ1) is 9.70. The third-order valence-electron chi connectivity index (χ3n) is 2.87. The fourth-order valence-electron chi connectivity index (χ4n) is 1.83. The van der Waals surface area contributed by atoms with Crippen molar-refractivity contribution in [1.82, 2.24) is 0 Å². The van der Waals surface area contributed by atoms with Gasteiger partial charge >= 0.3 is 6.18 Å². The molecule has 0 spiro atoms. The number of alkyl halides is 3. The van der Waals surface area contributed by atoms with Crippen molar-refractivity contribution in [1.29, 1.82) is 0 Å². The maximum Gasteiger partial charge on any atom is 0.419 e. The first kappa shape index (κ1) is 16.5. The van der Waals surface area contributed by atoms with Gasteiger partial charge in [-0.05, 0) is 35.4 Å². The summed E-state index contributed by atoms with van der Waals surface area (Å²) in [6.45, 7) is 0. The van der Waals surface area contributed by atoms with Gasteiger partial charge in [0.05, 0.1) is 5.56 Å². The van der Waals surface area contributed by atoms with Gasteiger partial charge in [0.2, 0.25) is 0 Å². The van der Waals surface area contributed by atoms with E-state index in [4.69, 9.17) is 0 Å². The molecule has 0 fully saturated rings. The molecule has 0 heterocycles. The van der Waals surface area contributed by atoms with Crippen LogP contribution in [0.25, 0.3) is 0 Å². The summed E-state index contributed by atoms with van der Waals surface area (Å²) in [4.78, 5) is 0. The molecule has 0 aromatic heterocycles. The maximum absolute atomic E-state index is 13.5. The zero-order chi connectivity index (χ0) is 15.8. The molecule has 0 radical (unpaired) electrons. The van der Waals surface area contributed by atoms with Crippen molar-refractivity contribution in [2.45, 2.75) is 12.3 Å². The second-order valence-corrected chi connectivity index (χ2v) is 6.08. The predicted octanol–water partition coefficient (Wildman–Crippen LogP) is 5.45. The zero-order valence-electron chi connectivity index (χ0n) is 10.3. The van der Waals surface area contributed by atoms with Gasteiger partial charge in [-0.25, -0.2) is 4.39 Å². The number of aliphatic hydroxyl groups is 1. The molecule has 0 bridgehead atoms. The van der Waals surface area contributed by atoms with Gasteiger partial charge in [-0.15, -0.1) is 0 Å². The van der Waals surface area contributed by atoms with Crippen LogP contribution in [0.3, 0.4) is 0 Å². The molecule has 0 amide bonds. The minimum Gasteiger partial charge on any atom is -0.384 e. The summed E-state index contributed by atoms with van der Waals surface area (Å²) in [5.41, 5.74) is -0.880. The van der Waals surface area contributed by atoms with Gasteiger partial charge in [-0.3, -0.25) is 0 Å². The lowest BCUT2D eigenvalue weighted by molar-refractivity contribution is -0.140. The van der Waals surface area contributed by atoms with Gasteiger partial charge in [0.1, 0.15) is 11.9 Å². The quantitative estimate of drug-likeness (QED) is 0.631. The Hall–Kier alpha value is -0.920. The Kier molecular flexibility index (Phi) is 4.75. The van der Waals surface area contributed by atoms with Crippen LogP contribution in [0.1, 0.15) is 22.8 Å². The standard InChI is InChI=1S/C14H8Br2F4O/c15-8-2-3-9(11(16)6-8)13(21)7-1-4-10(12(17)5-7)14(18,19)20/h1-6,13,21H. The van der Waals surface area contributed by atoms with Crippen LogP contribution < -0.4 is 0 Å². The smallest absolute Gasteiger partial charge is 0.384 e. The lowest BCUT2D eigenvalue weighted by atomic mass is 10.00. The lowest BCUT2D eigenvalue weighted by Gasteiger charge is -2.15. The van der Waals surface area contributed by atoms with Crippen LogP contribution in [0.5, 0.6) is 0 Å². The van der Waals surface area contributed by atoms with E-state index in [0.717, 1.165) is 10.5 Å². The molecule has 112 valence electrons. The topological polar surface area (TPSA) is 20.2 Å². The van der Waals surface area contributed by atoms with Crippen molar-refractivity contribution in [3.8, 4) is 0 Å². The van der Waals surface area contributed by atoms with Crippen LogP contribution in [0.4, 0.5) is 17.6 Å². The van der Waals surface area contributed by atoms with Crippen LogP contribution in [0.15, 0.2) is 45.3 Å².